The lowest BCUT2D eigenvalue weighted by Gasteiger charge is -2.32. The zero-order valence-corrected chi connectivity index (χ0v) is 24.2. The van der Waals surface area contributed by atoms with Crippen LogP contribution in [0, 0.1) is 0 Å². The van der Waals surface area contributed by atoms with E-state index in [4.69, 9.17) is 14.7 Å². The zero-order valence-electron chi connectivity index (χ0n) is 24.2. The highest BCUT2D eigenvalue weighted by atomic mass is 16.5. The molecule has 0 radical (unpaired) electrons. The van der Waals surface area contributed by atoms with Gasteiger partial charge in [-0.2, -0.15) is 0 Å². The van der Waals surface area contributed by atoms with E-state index in [9.17, 15) is 0 Å². The summed E-state index contributed by atoms with van der Waals surface area (Å²) in [5.74, 6) is 0.952. The van der Waals surface area contributed by atoms with Crippen molar-refractivity contribution in [3.63, 3.8) is 0 Å². The number of hydrogen-bond acceptors (Lipinski definition) is 6. The van der Waals surface area contributed by atoms with Gasteiger partial charge in [-0.3, -0.25) is 4.90 Å². The van der Waals surface area contributed by atoms with E-state index in [2.05, 4.69) is 101 Å². The molecule has 1 aliphatic heterocycles. The van der Waals surface area contributed by atoms with Crippen molar-refractivity contribution in [2.45, 2.75) is 26.6 Å². The molecule has 0 bridgehead atoms. The number of ether oxygens (including phenoxy) is 1. The fraction of sp³-hybridized carbons (Fsp3) is 0.394. The van der Waals surface area contributed by atoms with Crippen molar-refractivity contribution >= 4 is 32.7 Å². The molecule has 40 heavy (non-hydrogen) atoms. The summed E-state index contributed by atoms with van der Waals surface area (Å²) in [6.07, 6.45) is 0. The van der Waals surface area contributed by atoms with Crippen LogP contribution < -0.4 is 0 Å². The predicted molar refractivity (Wildman–Crippen MR) is 165 cm³/mol. The quantitative estimate of drug-likeness (QED) is 0.257. The molecule has 7 heteroatoms. The number of nitrogens with zero attached hydrogens (tertiary/aromatic N) is 6. The minimum atomic E-state index is 0.486. The second-order valence-corrected chi connectivity index (χ2v) is 11.3. The van der Waals surface area contributed by atoms with Gasteiger partial charge in [-0.1, -0.05) is 42.5 Å². The van der Waals surface area contributed by atoms with Crippen LogP contribution in [-0.2, 0) is 24.4 Å². The van der Waals surface area contributed by atoms with Gasteiger partial charge in [0.1, 0.15) is 17.9 Å². The Labute approximate surface area is 237 Å². The number of rotatable bonds is 9. The Morgan fingerprint density at radius 2 is 1.70 bits per heavy atom. The molecule has 0 atom stereocenters. The average Bonchev–Trinajstić information content (AvgIpc) is 3.34. The van der Waals surface area contributed by atoms with E-state index in [-0.39, 0.29) is 0 Å². The summed E-state index contributed by atoms with van der Waals surface area (Å²) in [5.41, 5.74) is 6.46. The Hall–Kier alpha value is -3.36. The molecule has 3 aromatic carbocycles. The fourth-order valence-electron chi connectivity index (χ4n) is 5.73. The summed E-state index contributed by atoms with van der Waals surface area (Å²) < 4.78 is 8.21. The molecule has 1 aliphatic rings. The number of likely N-dealkylation sites (N-methyl/N-ethyl adjacent to an activating group) is 2. The van der Waals surface area contributed by atoms with E-state index >= 15 is 0 Å². The van der Waals surface area contributed by atoms with Gasteiger partial charge in [-0.25, -0.2) is 9.97 Å². The fourth-order valence-corrected chi connectivity index (χ4v) is 5.73. The monoisotopic (exact) mass is 536 g/mol. The van der Waals surface area contributed by atoms with Gasteiger partial charge in [0.2, 0.25) is 0 Å². The Morgan fingerprint density at radius 1 is 0.900 bits per heavy atom. The highest BCUT2D eigenvalue weighted by Gasteiger charge is 2.20. The van der Waals surface area contributed by atoms with Crippen LogP contribution in [0.1, 0.15) is 18.3 Å². The molecule has 6 rings (SSSR count). The predicted octanol–water partition coefficient (Wildman–Crippen LogP) is 5.25. The van der Waals surface area contributed by atoms with Crippen LogP contribution in [0.2, 0.25) is 0 Å². The van der Waals surface area contributed by atoms with Gasteiger partial charge in [0.25, 0.3) is 0 Å². The summed E-state index contributed by atoms with van der Waals surface area (Å²) in [6.45, 7) is 10.4. The van der Waals surface area contributed by atoms with Gasteiger partial charge >= 0.3 is 0 Å². The summed E-state index contributed by atoms with van der Waals surface area (Å²) in [6, 6.07) is 22.0. The molecule has 0 amide bonds. The Morgan fingerprint density at radius 3 is 2.50 bits per heavy atom. The second kappa shape index (κ2) is 11.6. The highest BCUT2D eigenvalue weighted by molar-refractivity contribution is 6.08. The summed E-state index contributed by atoms with van der Waals surface area (Å²) in [7, 11) is 6.43. The maximum absolute atomic E-state index is 5.87. The van der Waals surface area contributed by atoms with Crippen molar-refractivity contribution in [3.8, 4) is 11.3 Å². The Balaban J connectivity index is 1.46. The van der Waals surface area contributed by atoms with E-state index in [1.54, 1.807) is 0 Å². The lowest BCUT2D eigenvalue weighted by Crippen LogP contribution is -2.43. The second-order valence-electron chi connectivity index (χ2n) is 11.3. The lowest BCUT2D eigenvalue weighted by molar-refractivity contribution is 0.125. The number of para-hydroxylation sites is 1. The highest BCUT2D eigenvalue weighted by Crippen LogP contribution is 2.34. The minimum Gasteiger partial charge on any atom is -0.374 e. The molecular weight excluding hydrogens is 496 g/mol. The third-order valence-electron chi connectivity index (χ3n) is 8.05. The molecule has 0 N–H and O–H groups in total. The molecular formula is C33H40N6O. The van der Waals surface area contributed by atoms with Gasteiger partial charge in [-0.15, -0.1) is 0 Å². The number of imidazole rings is 1. The first-order valence-corrected chi connectivity index (χ1v) is 14.4. The molecule has 5 aromatic rings. The molecule has 0 aliphatic carbocycles. The van der Waals surface area contributed by atoms with Gasteiger partial charge in [0.05, 0.1) is 16.7 Å². The first-order chi connectivity index (χ1) is 19.5. The normalized spacial score (nSPS) is 15.2. The maximum atomic E-state index is 5.87. The van der Waals surface area contributed by atoms with Crippen molar-refractivity contribution in [3.05, 3.63) is 72.1 Å². The topological polar surface area (TPSA) is 49.7 Å². The third-order valence-corrected chi connectivity index (χ3v) is 8.05. The van der Waals surface area contributed by atoms with E-state index in [1.165, 1.54) is 16.3 Å². The number of aromatic nitrogens is 3. The molecule has 1 fully saturated rings. The molecule has 208 valence electrons. The SMILES string of the molecule is CCOCc1nc2c(-c3ccc4ccc(CN5CCN(C)CC5)cc4c3)nc3ccccc3c2n1CCN(C)C. The van der Waals surface area contributed by atoms with Crippen molar-refractivity contribution < 1.29 is 4.74 Å². The van der Waals surface area contributed by atoms with Crippen LogP contribution >= 0.6 is 0 Å². The number of piperazine rings is 1. The number of benzene rings is 3. The molecule has 3 heterocycles. The van der Waals surface area contributed by atoms with Crippen molar-refractivity contribution in [1.82, 2.24) is 29.2 Å². The largest absolute Gasteiger partial charge is 0.374 e. The van der Waals surface area contributed by atoms with E-state index in [0.29, 0.717) is 13.2 Å². The van der Waals surface area contributed by atoms with Crippen molar-refractivity contribution in [1.29, 1.82) is 0 Å². The molecule has 0 unspecified atom stereocenters. The van der Waals surface area contributed by atoms with Crippen LogP contribution in [0.4, 0.5) is 0 Å². The third kappa shape index (κ3) is 5.47. The van der Waals surface area contributed by atoms with Crippen LogP contribution in [0.15, 0.2) is 60.7 Å². The van der Waals surface area contributed by atoms with Crippen molar-refractivity contribution in [2.75, 3.05) is 60.5 Å². The van der Waals surface area contributed by atoms with E-state index in [1.807, 2.05) is 6.92 Å². The standard InChI is InChI=1S/C33H40N6O/c1-5-40-23-30-35-32-31(34-29-9-7-6-8-28(29)33(32)39(30)19-14-36(2)3)26-13-12-25-11-10-24(20-27(25)21-26)22-38-17-15-37(4)16-18-38/h6-13,20-21H,5,14-19,22-23H2,1-4H3. The number of pyridine rings is 1. The maximum Gasteiger partial charge on any atom is 0.136 e. The minimum absolute atomic E-state index is 0.486. The average molecular weight is 537 g/mol. The summed E-state index contributed by atoms with van der Waals surface area (Å²) >= 11 is 0. The van der Waals surface area contributed by atoms with Crippen LogP contribution in [0.5, 0.6) is 0 Å². The van der Waals surface area contributed by atoms with Gasteiger partial charge in [0.15, 0.2) is 0 Å². The molecule has 0 spiro atoms. The Bertz CT molecular complexity index is 1630. The van der Waals surface area contributed by atoms with Gasteiger partial charge in [-0.05, 0) is 62.6 Å². The number of fused-ring (bicyclic) bond motifs is 4. The smallest absolute Gasteiger partial charge is 0.136 e. The first kappa shape index (κ1) is 26.8. The molecule has 7 nitrogen and oxygen atoms in total. The van der Waals surface area contributed by atoms with Gasteiger partial charge < -0.3 is 19.1 Å². The summed E-state index contributed by atoms with van der Waals surface area (Å²) in [5, 5.41) is 3.62. The van der Waals surface area contributed by atoms with Crippen LogP contribution in [0.3, 0.4) is 0 Å². The molecule has 1 saturated heterocycles. The van der Waals surface area contributed by atoms with Crippen molar-refractivity contribution in [2.24, 2.45) is 0 Å². The lowest BCUT2D eigenvalue weighted by atomic mass is 10.0. The first-order valence-electron chi connectivity index (χ1n) is 14.4. The molecule has 0 saturated carbocycles. The van der Waals surface area contributed by atoms with E-state index in [0.717, 1.165) is 84.8 Å². The van der Waals surface area contributed by atoms with Crippen LogP contribution in [0.25, 0.3) is 44.0 Å². The summed E-state index contributed by atoms with van der Waals surface area (Å²) in [4.78, 5) is 17.5. The zero-order chi connectivity index (χ0) is 27.6. The number of hydrogen-bond donors (Lipinski definition) is 0. The van der Waals surface area contributed by atoms with Gasteiger partial charge in [0, 0.05) is 63.4 Å². The Kier molecular flexibility index (Phi) is 7.80. The van der Waals surface area contributed by atoms with E-state index < -0.39 is 0 Å². The molecule has 2 aromatic heterocycles. The van der Waals surface area contributed by atoms with Crippen LogP contribution in [-0.4, -0.2) is 89.7 Å².